The van der Waals surface area contributed by atoms with Crippen LogP contribution in [-0.4, -0.2) is 15.0 Å². The molecule has 0 unspecified atom stereocenters. The number of sulfonamides is 1. The highest BCUT2D eigenvalue weighted by Gasteiger charge is 2.43. The monoisotopic (exact) mass is 393 g/mol. The normalized spacial score (nSPS) is 23.8. The number of anilines is 1. The molecule has 1 aliphatic heterocycles. The minimum atomic E-state index is -3.65. The number of fused-ring (bicyclic) bond motifs is 1. The molecular formula is C24H27NO2S. The third-order valence-electron chi connectivity index (χ3n) is 6.06. The van der Waals surface area contributed by atoms with Crippen LogP contribution in [0.2, 0.25) is 0 Å². The number of aryl methyl sites for hydroxylation is 1. The van der Waals surface area contributed by atoms with Gasteiger partial charge in [0.1, 0.15) is 0 Å². The van der Waals surface area contributed by atoms with Crippen molar-refractivity contribution >= 4 is 21.3 Å². The Hall–Kier alpha value is -2.33. The van der Waals surface area contributed by atoms with Gasteiger partial charge in [-0.2, -0.15) is 0 Å². The first kappa shape index (κ1) is 19.0. The van der Waals surface area contributed by atoms with Crippen molar-refractivity contribution in [3.63, 3.8) is 0 Å². The molecule has 0 radical (unpaired) electrons. The van der Waals surface area contributed by atoms with Crippen LogP contribution in [0, 0.1) is 12.3 Å². The lowest BCUT2D eigenvalue weighted by molar-refractivity contribution is 0.430. The van der Waals surface area contributed by atoms with Crippen molar-refractivity contribution in [2.45, 2.75) is 43.9 Å². The first-order valence-electron chi connectivity index (χ1n) is 10.00. The molecular weight excluding hydrogens is 366 g/mol. The Bertz CT molecular complexity index is 1020. The molecule has 0 N–H and O–H groups in total. The van der Waals surface area contributed by atoms with Crippen LogP contribution in [0.4, 0.5) is 5.69 Å². The second kappa shape index (κ2) is 7.25. The zero-order chi connectivity index (χ0) is 19.8. The molecule has 1 atom stereocenters. The van der Waals surface area contributed by atoms with Gasteiger partial charge in [-0.25, -0.2) is 8.42 Å². The molecule has 146 valence electrons. The van der Waals surface area contributed by atoms with E-state index in [1.165, 1.54) is 12.8 Å². The van der Waals surface area contributed by atoms with Crippen LogP contribution in [0.1, 0.15) is 43.2 Å². The van der Waals surface area contributed by atoms with Crippen molar-refractivity contribution in [2.24, 2.45) is 5.41 Å². The van der Waals surface area contributed by atoms with Crippen LogP contribution in [0.15, 0.2) is 72.2 Å². The Balaban J connectivity index is 1.86. The zero-order valence-corrected chi connectivity index (χ0v) is 17.2. The minimum absolute atomic E-state index is 0.338. The van der Waals surface area contributed by atoms with Gasteiger partial charge in [0.05, 0.1) is 10.6 Å². The molecule has 0 saturated carbocycles. The predicted octanol–water partition coefficient (Wildman–Crippen LogP) is 5.72. The lowest BCUT2D eigenvalue weighted by Gasteiger charge is -2.44. The van der Waals surface area contributed by atoms with Crippen LogP contribution in [0.25, 0.3) is 5.57 Å². The van der Waals surface area contributed by atoms with E-state index in [1.54, 1.807) is 16.4 Å². The van der Waals surface area contributed by atoms with Crippen molar-refractivity contribution in [1.29, 1.82) is 0 Å². The molecule has 4 rings (SSSR count). The highest BCUT2D eigenvalue weighted by Crippen LogP contribution is 2.50. The Morgan fingerprint density at radius 3 is 2.54 bits per heavy atom. The Labute approximate surface area is 168 Å². The van der Waals surface area contributed by atoms with Gasteiger partial charge in [-0.05, 0) is 50.0 Å². The molecule has 0 bridgehead atoms. The quantitative estimate of drug-likeness (QED) is 0.612. The molecule has 2 aliphatic rings. The van der Waals surface area contributed by atoms with Gasteiger partial charge in [0.25, 0.3) is 10.0 Å². The highest BCUT2D eigenvalue weighted by molar-refractivity contribution is 7.92. The van der Waals surface area contributed by atoms with Gasteiger partial charge < -0.3 is 0 Å². The molecule has 1 aliphatic carbocycles. The Kier molecular flexibility index (Phi) is 4.92. The number of hydrogen-bond donors (Lipinski definition) is 0. The second-order valence-corrected chi connectivity index (χ2v) is 9.84. The number of para-hydroxylation sites is 1. The summed E-state index contributed by atoms with van der Waals surface area (Å²) in [7, 11) is -3.65. The predicted molar refractivity (Wildman–Crippen MR) is 116 cm³/mol. The van der Waals surface area contributed by atoms with Crippen molar-refractivity contribution in [2.75, 3.05) is 10.8 Å². The van der Waals surface area contributed by atoms with Crippen molar-refractivity contribution in [3.05, 3.63) is 78.4 Å². The summed E-state index contributed by atoms with van der Waals surface area (Å²) in [5.41, 5.74) is 3.42. The number of hydrogen-bond acceptors (Lipinski definition) is 2. The summed E-state index contributed by atoms with van der Waals surface area (Å²) in [6.07, 6.45) is 9.87. The van der Waals surface area contributed by atoms with Crippen LogP contribution < -0.4 is 4.31 Å². The lowest BCUT2D eigenvalue weighted by Crippen LogP contribution is -2.45. The Morgan fingerprint density at radius 1 is 1.00 bits per heavy atom. The summed E-state index contributed by atoms with van der Waals surface area (Å²) in [5, 5.41) is 0. The fraction of sp³-hybridized carbons (Fsp3) is 0.333. The maximum absolute atomic E-state index is 13.6. The summed E-state index contributed by atoms with van der Waals surface area (Å²) in [5.74, 6) is 0. The van der Waals surface area contributed by atoms with E-state index in [1.807, 2.05) is 43.3 Å². The zero-order valence-electron chi connectivity index (χ0n) is 16.4. The van der Waals surface area contributed by atoms with Gasteiger partial charge in [0, 0.05) is 17.5 Å². The maximum Gasteiger partial charge on any atom is 0.264 e. The van der Waals surface area contributed by atoms with E-state index in [9.17, 15) is 8.42 Å². The third-order valence-corrected chi connectivity index (χ3v) is 7.84. The standard InChI is InChI=1S/C24H27NO2S/c1-19-12-14-21(15-13-19)28(26,27)25-18-24(16-8-4-3-5-9-17-24)20(2)22-10-6-7-11-23(22)25/h6-8,10-16H,2-5,9,17-18H2,1H3/b16-8-/t24-/m1/s1. The first-order chi connectivity index (χ1) is 13.4. The fourth-order valence-corrected chi connectivity index (χ4v) is 5.91. The van der Waals surface area contributed by atoms with E-state index in [0.29, 0.717) is 11.4 Å². The van der Waals surface area contributed by atoms with Gasteiger partial charge in [-0.1, -0.05) is 67.5 Å². The molecule has 4 heteroatoms. The topological polar surface area (TPSA) is 37.4 Å². The van der Waals surface area contributed by atoms with Crippen molar-refractivity contribution in [1.82, 2.24) is 0 Å². The van der Waals surface area contributed by atoms with E-state index in [0.717, 1.165) is 41.6 Å². The largest absolute Gasteiger partial charge is 0.265 e. The molecule has 0 saturated heterocycles. The first-order valence-corrected chi connectivity index (χ1v) is 11.4. The van der Waals surface area contributed by atoms with Crippen LogP contribution in [0.3, 0.4) is 0 Å². The minimum Gasteiger partial charge on any atom is -0.265 e. The van der Waals surface area contributed by atoms with Crippen LogP contribution >= 0.6 is 0 Å². The molecule has 1 spiro atoms. The van der Waals surface area contributed by atoms with E-state index < -0.39 is 10.0 Å². The lowest BCUT2D eigenvalue weighted by atomic mass is 9.70. The van der Waals surface area contributed by atoms with E-state index in [4.69, 9.17) is 0 Å². The fourth-order valence-electron chi connectivity index (χ4n) is 4.36. The SMILES string of the molecule is C=C1c2ccccc2N(S(=O)(=O)c2ccc(C)cc2)C[C@]12/C=C\CCCCC2. The molecule has 2 aromatic rings. The second-order valence-electron chi connectivity index (χ2n) is 7.98. The molecule has 1 heterocycles. The number of allylic oxidation sites excluding steroid dienone is 1. The number of rotatable bonds is 2. The maximum atomic E-state index is 13.6. The van der Waals surface area contributed by atoms with E-state index in [-0.39, 0.29) is 5.41 Å². The molecule has 0 fully saturated rings. The Morgan fingerprint density at radius 2 is 1.75 bits per heavy atom. The summed E-state index contributed by atoms with van der Waals surface area (Å²) < 4.78 is 28.8. The molecule has 0 aromatic heterocycles. The third kappa shape index (κ3) is 3.20. The molecule has 0 amide bonds. The van der Waals surface area contributed by atoms with Crippen molar-refractivity contribution < 1.29 is 8.42 Å². The van der Waals surface area contributed by atoms with Crippen molar-refractivity contribution in [3.8, 4) is 0 Å². The van der Waals surface area contributed by atoms with E-state index >= 15 is 0 Å². The van der Waals surface area contributed by atoms with Crippen LogP contribution in [0.5, 0.6) is 0 Å². The van der Waals surface area contributed by atoms with Gasteiger partial charge in [-0.15, -0.1) is 0 Å². The smallest absolute Gasteiger partial charge is 0.264 e. The van der Waals surface area contributed by atoms with Gasteiger partial charge >= 0.3 is 0 Å². The summed E-state index contributed by atoms with van der Waals surface area (Å²) in [6, 6.07) is 14.9. The molecule has 28 heavy (non-hydrogen) atoms. The van der Waals surface area contributed by atoms with Crippen LogP contribution in [-0.2, 0) is 10.0 Å². The van der Waals surface area contributed by atoms with Gasteiger partial charge in [-0.3, -0.25) is 4.31 Å². The molecule has 3 nitrogen and oxygen atoms in total. The number of benzene rings is 2. The number of nitrogens with zero attached hydrogens (tertiary/aromatic N) is 1. The molecule has 2 aromatic carbocycles. The van der Waals surface area contributed by atoms with Gasteiger partial charge in [0.15, 0.2) is 0 Å². The van der Waals surface area contributed by atoms with Gasteiger partial charge in [0.2, 0.25) is 0 Å². The summed E-state index contributed by atoms with van der Waals surface area (Å²) in [4.78, 5) is 0.338. The van der Waals surface area contributed by atoms with E-state index in [2.05, 4.69) is 18.7 Å². The summed E-state index contributed by atoms with van der Waals surface area (Å²) >= 11 is 0. The summed E-state index contributed by atoms with van der Waals surface area (Å²) in [6.45, 7) is 6.81. The average molecular weight is 394 g/mol. The average Bonchev–Trinajstić information content (AvgIpc) is 2.67. The highest BCUT2D eigenvalue weighted by atomic mass is 32.2.